The molecule has 1 fully saturated rings. The Bertz CT molecular complexity index is 479. The molecule has 116 valence electrons. The van der Waals surface area contributed by atoms with E-state index in [0.717, 1.165) is 32.7 Å². The Kier molecular flexibility index (Phi) is 6.57. The molecule has 0 aliphatic carbocycles. The van der Waals surface area contributed by atoms with Crippen LogP contribution in [0.25, 0.3) is 0 Å². The van der Waals surface area contributed by atoms with Crippen LogP contribution in [0.4, 0.5) is 0 Å². The van der Waals surface area contributed by atoms with E-state index < -0.39 is 0 Å². The highest BCUT2D eigenvalue weighted by Gasteiger charge is 2.09. The fraction of sp³-hybridized carbons (Fsp3) is 0.500. The first kappa shape index (κ1) is 16.4. The molecule has 0 atom stereocenters. The lowest BCUT2D eigenvalue weighted by molar-refractivity contribution is -0.123. The first-order valence-electron chi connectivity index (χ1n) is 6.93. The SMILES string of the molecule is O=C(COc1ccc(Cl)c(Cl)c1)NCCN1CCNCC1. The summed E-state index contributed by atoms with van der Waals surface area (Å²) in [6, 6.07) is 4.92. The van der Waals surface area contributed by atoms with Crippen molar-refractivity contribution in [3.63, 3.8) is 0 Å². The lowest BCUT2D eigenvalue weighted by Crippen LogP contribution is -2.46. The third kappa shape index (κ3) is 5.71. The number of piperazine rings is 1. The number of nitrogens with zero attached hydrogens (tertiary/aromatic N) is 1. The Morgan fingerprint density at radius 3 is 2.76 bits per heavy atom. The highest BCUT2D eigenvalue weighted by atomic mass is 35.5. The molecule has 1 aliphatic heterocycles. The third-order valence-corrected chi connectivity index (χ3v) is 3.96. The van der Waals surface area contributed by atoms with Gasteiger partial charge >= 0.3 is 0 Å². The van der Waals surface area contributed by atoms with E-state index in [1.807, 2.05) is 0 Å². The van der Waals surface area contributed by atoms with Crippen molar-refractivity contribution in [2.24, 2.45) is 0 Å². The molecule has 2 N–H and O–H groups in total. The van der Waals surface area contributed by atoms with Gasteiger partial charge in [-0.1, -0.05) is 23.2 Å². The van der Waals surface area contributed by atoms with Gasteiger partial charge in [0.15, 0.2) is 6.61 Å². The third-order valence-electron chi connectivity index (χ3n) is 3.22. The molecule has 7 heteroatoms. The minimum atomic E-state index is -0.142. The van der Waals surface area contributed by atoms with Crippen LogP contribution in [0.5, 0.6) is 5.75 Å². The zero-order valence-electron chi connectivity index (χ0n) is 11.7. The number of carbonyl (C=O) groups is 1. The summed E-state index contributed by atoms with van der Waals surface area (Å²) < 4.78 is 5.37. The molecular formula is C14H19Cl2N3O2. The summed E-state index contributed by atoms with van der Waals surface area (Å²) in [5.41, 5.74) is 0. The van der Waals surface area contributed by atoms with Gasteiger partial charge in [-0.15, -0.1) is 0 Å². The summed E-state index contributed by atoms with van der Waals surface area (Å²) in [6.45, 7) is 5.53. The largest absolute Gasteiger partial charge is 0.484 e. The van der Waals surface area contributed by atoms with E-state index in [1.165, 1.54) is 0 Å². The summed E-state index contributed by atoms with van der Waals surface area (Å²) in [4.78, 5) is 14.0. The molecule has 5 nitrogen and oxygen atoms in total. The van der Waals surface area contributed by atoms with Crippen molar-refractivity contribution in [3.05, 3.63) is 28.2 Å². The fourth-order valence-corrected chi connectivity index (χ4v) is 2.34. The van der Waals surface area contributed by atoms with Crippen LogP contribution in [0.3, 0.4) is 0 Å². The number of nitrogens with one attached hydrogen (secondary N) is 2. The van der Waals surface area contributed by atoms with E-state index in [-0.39, 0.29) is 12.5 Å². The topological polar surface area (TPSA) is 53.6 Å². The molecule has 0 bridgehead atoms. The smallest absolute Gasteiger partial charge is 0.257 e. The molecule has 0 aromatic heterocycles. The lowest BCUT2D eigenvalue weighted by atomic mass is 10.3. The molecule has 1 heterocycles. The molecule has 1 amide bonds. The molecule has 1 saturated heterocycles. The molecule has 21 heavy (non-hydrogen) atoms. The predicted molar refractivity (Wildman–Crippen MR) is 84.3 cm³/mol. The Labute approximate surface area is 134 Å². The van der Waals surface area contributed by atoms with E-state index in [2.05, 4.69) is 15.5 Å². The van der Waals surface area contributed by atoms with E-state index in [1.54, 1.807) is 18.2 Å². The van der Waals surface area contributed by atoms with Crippen molar-refractivity contribution in [2.75, 3.05) is 45.9 Å². The van der Waals surface area contributed by atoms with Crippen molar-refractivity contribution in [3.8, 4) is 5.75 Å². The highest BCUT2D eigenvalue weighted by molar-refractivity contribution is 6.42. The van der Waals surface area contributed by atoms with Gasteiger partial charge in [0.05, 0.1) is 10.0 Å². The van der Waals surface area contributed by atoms with Gasteiger partial charge < -0.3 is 15.4 Å². The molecule has 0 radical (unpaired) electrons. The van der Waals surface area contributed by atoms with Crippen LogP contribution < -0.4 is 15.4 Å². The van der Waals surface area contributed by atoms with Crippen molar-refractivity contribution < 1.29 is 9.53 Å². The maximum absolute atomic E-state index is 11.7. The predicted octanol–water partition coefficient (Wildman–Crippen LogP) is 1.39. The molecule has 2 rings (SSSR count). The molecule has 1 aromatic carbocycles. The van der Waals surface area contributed by atoms with Crippen molar-refractivity contribution in [1.29, 1.82) is 0 Å². The summed E-state index contributed by atoms with van der Waals surface area (Å²) >= 11 is 11.7. The van der Waals surface area contributed by atoms with Gasteiger partial charge in [-0.05, 0) is 12.1 Å². The van der Waals surface area contributed by atoms with Crippen molar-refractivity contribution >= 4 is 29.1 Å². The maximum atomic E-state index is 11.7. The van der Waals surface area contributed by atoms with Crippen LogP contribution in [0.2, 0.25) is 10.0 Å². The Balaban J connectivity index is 1.63. The van der Waals surface area contributed by atoms with Crippen LogP contribution in [-0.4, -0.2) is 56.7 Å². The highest BCUT2D eigenvalue weighted by Crippen LogP contribution is 2.26. The number of ether oxygens (including phenoxy) is 1. The number of halogens is 2. The van der Waals surface area contributed by atoms with Gasteiger partial charge in [0.2, 0.25) is 0 Å². The summed E-state index contributed by atoms with van der Waals surface area (Å²) in [5, 5.41) is 7.01. The molecular weight excluding hydrogens is 313 g/mol. The van der Waals surface area contributed by atoms with Gasteiger partial charge in [0.1, 0.15) is 5.75 Å². The first-order valence-corrected chi connectivity index (χ1v) is 7.68. The molecule has 1 aromatic rings. The number of benzene rings is 1. The Hall–Kier alpha value is -1.01. The van der Waals surface area contributed by atoms with E-state index in [4.69, 9.17) is 27.9 Å². The average Bonchev–Trinajstić information content (AvgIpc) is 2.49. The number of carbonyl (C=O) groups excluding carboxylic acids is 1. The minimum Gasteiger partial charge on any atom is -0.484 e. The second-order valence-electron chi connectivity index (χ2n) is 4.81. The fourth-order valence-electron chi connectivity index (χ4n) is 2.05. The van der Waals surface area contributed by atoms with Gasteiger partial charge in [-0.25, -0.2) is 0 Å². The van der Waals surface area contributed by atoms with Gasteiger partial charge in [-0.3, -0.25) is 9.69 Å². The van der Waals surface area contributed by atoms with Crippen molar-refractivity contribution in [1.82, 2.24) is 15.5 Å². The quantitative estimate of drug-likeness (QED) is 0.827. The standard InChI is InChI=1S/C14H19Cl2N3O2/c15-12-2-1-11(9-13(12)16)21-10-14(20)18-5-8-19-6-3-17-4-7-19/h1-2,9,17H,3-8,10H2,(H,18,20). The van der Waals surface area contributed by atoms with E-state index in [0.29, 0.717) is 22.3 Å². The number of rotatable bonds is 6. The second kappa shape index (κ2) is 8.44. The molecule has 1 aliphatic rings. The number of hydrogen-bond acceptors (Lipinski definition) is 4. The van der Waals surface area contributed by atoms with Gasteiger partial charge in [-0.2, -0.15) is 0 Å². The van der Waals surface area contributed by atoms with Crippen molar-refractivity contribution in [2.45, 2.75) is 0 Å². The number of amides is 1. The lowest BCUT2D eigenvalue weighted by Gasteiger charge is -2.27. The minimum absolute atomic E-state index is 0.0283. The number of hydrogen-bond donors (Lipinski definition) is 2. The first-order chi connectivity index (χ1) is 10.1. The van der Waals surface area contributed by atoms with Crippen LogP contribution in [0.1, 0.15) is 0 Å². The normalized spacial score (nSPS) is 15.7. The molecule has 0 spiro atoms. The van der Waals surface area contributed by atoms with Crippen LogP contribution >= 0.6 is 23.2 Å². The maximum Gasteiger partial charge on any atom is 0.257 e. The Morgan fingerprint density at radius 2 is 2.05 bits per heavy atom. The van der Waals surface area contributed by atoms with E-state index >= 15 is 0 Å². The average molecular weight is 332 g/mol. The van der Waals surface area contributed by atoms with Crippen LogP contribution in [0, 0.1) is 0 Å². The summed E-state index contributed by atoms with van der Waals surface area (Å²) in [5.74, 6) is 0.387. The zero-order valence-corrected chi connectivity index (χ0v) is 13.2. The van der Waals surface area contributed by atoms with Gasteiger partial charge in [0, 0.05) is 45.3 Å². The zero-order chi connectivity index (χ0) is 15.1. The molecule has 0 saturated carbocycles. The monoisotopic (exact) mass is 331 g/mol. The summed E-state index contributed by atoms with van der Waals surface area (Å²) in [7, 11) is 0. The van der Waals surface area contributed by atoms with Crippen LogP contribution in [0.15, 0.2) is 18.2 Å². The van der Waals surface area contributed by atoms with Gasteiger partial charge in [0.25, 0.3) is 5.91 Å². The van der Waals surface area contributed by atoms with E-state index in [9.17, 15) is 4.79 Å². The van der Waals surface area contributed by atoms with Crippen LogP contribution in [-0.2, 0) is 4.79 Å². The second-order valence-corrected chi connectivity index (χ2v) is 5.62. The molecule has 0 unspecified atom stereocenters. The Morgan fingerprint density at radius 1 is 1.29 bits per heavy atom. The summed E-state index contributed by atoms with van der Waals surface area (Å²) in [6.07, 6.45) is 0.